The Labute approximate surface area is 223 Å². The Morgan fingerprint density at radius 3 is 2.82 bits per heavy atom. The molecule has 4 heterocycles. The number of fused-ring (bicyclic) bond motifs is 2. The Kier molecular flexibility index (Phi) is 6.37. The van der Waals surface area contributed by atoms with Gasteiger partial charge in [-0.15, -0.1) is 5.10 Å². The minimum atomic E-state index is -0.680. The number of morpholine rings is 1. The van der Waals surface area contributed by atoms with Crippen molar-refractivity contribution in [1.82, 2.24) is 30.3 Å². The van der Waals surface area contributed by atoms with Gasteiger partial charge in [0, 0.05) is 53.6 Å². The van der Waals surface area contributed by atoms with Crippen LogP contribution in [0.5, 0.6) is 0 Å². The lowest BCUT2D eigenvalue weighted by Gasteiger charge is -2.26. The van der Waals surface area contributed by atoms with Crippen LogP contribution in [0.1, 0.15) is 48.8 Å². The molecule has 0 aliphatic carbocycles. The lowest BCUT2D eigenvalue weighted by molar-refractivity contribution is 0.0277. The standard InChI is InChI=1S/C28H27N7O4/c1-15(2)35-22-12-17(4-7-21(22)33-34-35)20-8-9-30-28(32-20)31-18-5-6-19-23(13-18)39-27(37)25(16(3)36)26(19)24-14-29-10-11-38-24/h4-9,12-13,15,24,29H,10-11,14H2,1-3H3,(H,30,31,32). The van der Waals surface area contributed by atoms with Crippen LogP contribution in [0.3, 0.4) is 0 Å². The van der Waals surface area contributed by atoms with Gasteiger partial charge in [0.25, 0.3) is 0 Å². The van der Waals surface area contributed by atoms with E-state index in [0.29, 0.717) is 47.9 Å². The van der Waals surface area contributed by atoms with E-state index in [-0.39, 0.29) is 17.4 Å². The van der Waals surface area contributed by atoms with Crippen molar-refractivity contribution < 1.29 is 13.9 Å². The van der Waals surface area contributed by atoms with E-state index < -0.39 is 11.7 Å². The Hall–Kier alpha value is -4.48. The fraction of sp³-hybridized carbons (Fsp3) is 0.286. The zero-order valence-electron chi connectivity index (χ0n) is 21.8. The van der Waals surface area contributed by atoms with Gasteiger partial charge < -0.3 is 19.8 Å². The van der Waals surface area contributed by atoms with Gasteiger partial charge in [-0.3, -0.25) is 4.79 Å². The maximum absolute atomic E-state index is 12.8. The van der Waals surface area contributed by atoms with Crippen LogP contribution in [-0.2, 0) is 4.74 Å². The molecule has 1 aliphatic heterocycles. The number of ether oxygens (including phenoxy) is 1. The van der Waals surface area contributed by atoms with Crippen molar-refractivity contribution in [3.05, 3.63) is 70.2 Å². The molecule has 6 rings (SSSR count). The molecule has 0 bridgehead atoms. The molecular formula is C28H27N7O4. The summed E-state index contributed by atoms with van der Waals surface area (Å²) in [5, 5.41) is 15.6. The SMILES string of the molecule is CC(=O)c1c(C2CNCCO2)c2ccc(Nc3nccc(-c4ccc5nnn(C(C)C)c5c4)n3)cc2oc1=O. The van der Waals surface area contributed by atoms with E-state index in [1.807, 2.05) is 41.1 Å². The first kappa shape index (κ1) is 24.8. The average molecular weight is 526 g/mol. The number of rotatable bonds is 6. The smallest absolute Gasteiger partial charge is 0.347 e. The molecular weight excluding hydrogens is 498 g/mol. The lowest BCUT2D eigenvalue weighted by Crippen LogP contribution is -2.35. The van der Waals surface area contributed by atoms with E-state index >= 15 is 0 Å². The van der Waals surface area contributed by atoms with E-state index in [0.717, 1.165) is 22.3 Å². The number of ketones is 1. The summed E-state index contributed by atoms with van der Waals surface area (Å²) in [5.41, 5.74) is 4.25. The minimum absolute atomic E-state index is 0.0268. The van der Waals surface area contributed by atoms with Crippen molar-refractivity contribution in [2.45, 2.75) is 32.9 Å². The molecule has 2 N–H and O–H groups in total. The first-order valence-electron chi connectivity index (χ1n) is 12.8. The highest BCUT2D eigenvalue weighted by Crippen LogP contribution is 2.32. The van der Waals surface area contributed by atoms with Gasteiger partial charge in [0.2, 0.25) is 5.95 Å². The summed E-state index contributed by atoms with van der Waals surface area (Å²) in [7, 11) is 0. The molecule has 1 fully saturated rings. The number of nitrogens with one attached hydrogen (secondary N) is 2. The third-order valence-electron chi connectivity index (χ3n) is 6.72. The van der Waals surface area contributed by atoms with Crippen molar-refractivity contribution in [3.63, 3.8) is 0 Å². The normalized spacial score (nSPS) is 15.7. The largest absolute Gasteiger partial charge is 0.422 e. The molecule has 0 radical (unpaired) electrons. The molecule has 0 saturated carbocycles. The number of Topliss-reactive ketones (excluding diaryl/α,β-unsaturated/α-hetero) is 1. The number of carbonyl (C=O) groups excluding carboxylic acids is 1. The van der Waals surface area contributed by atoms with E-state index in [1.165, 1.54) is 6.92 Å². The predicted octanol–water partition coefficient (Wildman–Crippen LogP) is 4.18. The molecule has 0 spiro atoms. The van der Waals surface area contributed by atoms with Crippen LogP contribution >= 0.6 is 0 Å². The zero-order chi connectivity index (χ0) is 27.1. The molecule has 1 aliphatic rings. The van der Waals surface area contributed by atoms with Gasteiger partial charge in [0.05, 0.1) is 23.9 Å². The topological polar surface area (TPSA) is 137 Å². The van der Waals surface area contributed by atoms with Crippen LogP contribution in [0.15, 0.2) is 57.9 Å². The second-order valence-corrected chi connectivity index (χ2v) is 9.73. The first-order chi connectivity index (χ1) is 18.9. The number of carbonyl (C=O) groups is 1. The Bertz CT molecular complexity index is 1770. The van der Waals surface area contributed by atoms with Crippen molar-refractivity contribution in [1.29, 1.82) is 0 Å². The first-order valence-corrected chi connectivity index (χ1v) is 12.8. The van der Waals surface area contributed by atoms with E-state index in [9.17, 15) is 9.59 Å². The number of benzene rings is 2. The summed E-state index contributed by atoms with van der Waals surface area (Å²) < 4.78 is 13.4. The predicted molar refractivity (Wildman–Crippen MR) is 146 cm³/mol. The van der Waals surface area contributed by atoms with Crippen molar-refractivity contribution >= 4 is 39.4 Å². The molecule has 198 valence electrons. The molecule has 1 saturated heterocycles. The second kappa shape index (κ2) is 10.0. The molecule has 0 amide bonds. The molecule has 11 nitrogen and oxygen atoms in total. The molecule has 1 unspecified atom stereocenters. The fourth-order valence-electron chi connectivity index (χ4n) is 4.91. The summed E-state index contributed by atoms with van der Waals surface area (Å²) >= 11 is 0. The Morgan fingerprint density at radius 1 is 1.18 bits per heavy atom. The summed E-state index contributed by atoms with van der Waals surface area (Å²) in [4.78, 5) is 34.3. The molecule has 39 heavy (non-hydrogen) atoms. The number of anilines is 2. The number of hydrogen-bond donors (Lipinski definition) is 2. The van der Waals surface area contributed by atoms with E-state index in [2.05, 4.69) is 39.8 Å². The maximum atomic E-state index is 12.8. The molecule has 11 heteroatoms. The van der Waals surface area contributed by atoms with Crippen LogP contribution in [-0.4, -0.2) is 50.4 Å². The van der Waals surface area contributed by atoms with Gasteiger partial charge in [-0.05, 0) is 51.1 Å². The summed E-state index contributed by atoms with van der Waals surface area (Å²) in [5.74, 6) is 0.0258. The average Bonchev–Trinajstić information content (AvgIpc) is 3.36. The van der Waals surface area contributed by atoms with Crippen LogP contribution in [0, 0.1) is 0 Å². The molecule has 1 atom stereocenters. The van der Waals surface area contributed by atoms with Gasteiger partial charge in [-0.25, -0.2) is 19.4 Å². The van der Waals surface area contributed by atoms with Gasteiger partial charge >= 0.3 is 5.63 Å². The monoisotopic (exact) mass is 525 g/mol. The van der Waals surface area contributed by atoms with Gasteiger partial charge in [0.1, 0.15) is 16.7 Å². The van der Waals surface area contributed by atoms with Crippen molar-refractivity contribution in [2.24, 2.45) is 0 Å². The van der Waals surface area contributed by atoms with E-state index in [4.69, 9.17) is 14.1 Å². The summed E-state index contributed by atoms with van der Waals surface area (Å²) in [6, 6.07) is 13.3. The molecule has 5 aromatic rings. The second-order valence-electron chi connectivity index (χ2n) is 9.73. The van der Waals surface area contributed by atoms with Crippen LogP contribution in [0.2, 0.25) is 0 Å². The number of hydrogen-bond acceptors (Lipinski definition) is 10. The third-order valence-corrected chi connectivity index (χ3v) is 6.72. The molecule has 2 aromatic carbocycles. The van der Waals surface area contributed by atoms with Gasteiger partial charge in [0.15, 0.2) is 5.78 Å². The summed E-state index contributed by atoms with van der Waals surface area (Å²) in [6.07, 6.45) is 1.25. The van der Waals surface area contributed by atoms with Crippen LogP contribution < -0.4 is 16.3 Å². The maximum Gasteiger partial charge on any atom is 0.347 e. The highest BCUT2D eigenvalue weighted by Gasteiger charge is 2.27. The quantitative estimate of drug-likeness (QED) is 0.245. The third kappa shape index (κ3) is 4.66. The number of aromatic nitrogens is 5. The zero-order valence-corrected chi connectivity index (χ0v) is 21.8. The minimum Gasteiger partial charge on any atom is -0.422 e. The fourth-order valence-corrected chi connectivity index (χ4v) is 4.91. The summed E-state index contributed by atoms with van der Waals surface area (Å²) in [6.45, 7) is 7.18. The number of nitrogens with zero attached hydrogens (tertiary/aromatic N) is 5. The Morgan fingerprint density at radius 2 is 2.05 bits per heavy atom. The lowest BCUT2D eigenvalue weighted by atomic mass is 9.96. The van der Waals surface area contributed by atoms with Crippen LogP contribution in [0.4, 0.5) is 11.6 Å². The van der Waals surface area contributed by atoms with E-state index in [1.54, 1.807) is 12.3 Å². The van der Waals surface area contributed by atoms with Crippen molar-refractivity contribution in [2.75, 3.05) is 25.0 Å². The highest BCUT2D eigenvalue weighted by atomic mass is 16.5. The van der Waals surface area contributed by atoms with Gasteiger partial charge in [-0.1, -0.05) is 11.3 Å². The van der Waals surface area contributed by atoms with Crippen LogP contribution in [0.25, 0.3) is 33.3 Å². The molecule has 3 aromatic heterocycles. The van der Waals surface area contributed by atoms with Gasteiger partial charge in [-0.2, -0.15) is 0 Å². The Balaban J connectivity index is 1.35. The highest BCUT2D eigenvalue weighted by molar-refractivity contribution is 6.00. The van der Waals surface area contributed by atoms with Crippen molar-refractivity contribution in [3.8, 4) is 11.3 Å².